The Morgan fingerprint density at radius 2 is 1.94 bits per heavy atom. The normalized spacial score (nSPS) is 14.7. The zero-order chi connectivity index (χ0) is 11.8. The number of aromatic nitrogens is 1. The highest BCUT2D eigenvalue weighted by atomic mass is 35.5. The van der Waals surface area contributed by atoms with Crippen LogP contribution < -0.4 is 4.74 Å². The topological polar surface area (TPSA) is 22.1 Å². The molecule has 3 heteroatoms. The van der Waals surface area contributed by atoms with E-state index in [9.17, 15) is 0 Å². The van der Waals surface area contributed by atoms with Gasteiger partial charge in [-0.05, 0) is 55.0 Å². The molecule has 0 amide bonds. The van der Waals surface area contributed by atoms with E-state index in [0.717, 1.165) is 24.1 Å². The number of nitrogens with zero attached hydrogens (tertiary/aromatic N) is 1. The summed E-state index contributed by atoms with van der Waals surface area (Å²) in [7, 11) is 1.69. The van der Waals surface area contributed by atoms with Gasteiger partial charge in [0.15, 0.2) is 0 Å². The van der Waals surface area contributed by atoms with Gasteiger partial charge < -0.3 is 4.74 Å². The Hall–Kier alpha value is -1.28. The second-order valence-corrected chi connectivity index (χ2v) is 4.81. The van der Waals surface area contributed by atoms with Gasteiger partial charge in [0, 0.05) is 5.39 Å². The van der Waals surface area contributed by atoms with Crippen molar-refractivity contribution in [2.24, 2.45) is 0 Å². The number of rotatable bonds is 1. The molecule has 0 saturated carbocycles. The summed E-state index contributed by atoms with van der Waals surface area (Å²) in [5.41, 5.74) is 3.57. The van der Waals surface area contributed by atoms with Crippen molar-refractivity contribution in [3.05, 3.63) is 34.5 Å². The second kappa shape index (κ2) is 4.19. The van der Waals surface area contributed by atoms with Crippen molar-refractivity contribution in [3.8, 4) is 5.75 Å². The van der Waals surface area contributed by atoms with E-state index in [4.69, 9.17) is 16.3 Å². The molecule has 0 atom stereocenters. The van der Waals surface area contributed by atoms with Gasteiger partial charge in [-0.25, -0.2) is 4.98 Å². The van der Waals surface area contributed by atoms with E-state index in [2.05, 4.69) is 11.1 Å². The van der Waals surface area contributed by atoms with Crippen LogP contribution in [0.1, 0.15) is 24.0 Å². The van der Waals surface area contributed by atoms with Gasteiger partial charge in [-0.3, -0.25) is 0 Å². The maximum absolute atomic E-state index is 6.25. The van der Waals surface area contributed by atoms with Crippen molar-refractivity contribution in [1.29, 1.82) is 0 Å². The number of methoxy groups -OCH3 is 1. The third-order valence-corrected chi connectivity index (χ3v) is 3.78. The quantitative estimate of drug-likeness (QED) is 0.716. The average Bonchev–Trinajstić information content (AvgIpc) is 2.39. The van der Waals surface area contributed by atoms with E-state index in [-0.39, 0.29) is 0 Å². The van der Waals surface area contributed by atoms with Crippen LogP contribution in [0.15, 0.2) is 18.2 Å². The Kier molecular flexibility index (Phi) is 2.67. The Morgan fingerprint density at radius 1 is 1.18 bits per heavy atom. The van der Waals surface area contributed by atoms with Gasteiger partial charge in [-0.1, -0.05) is 11.6 Å². The largest absolute Gasteiger partial charge is 0.497 e. The molecular formula is C14H14ClNO. The van der Waals surface area contributed by atoms with Crippen molar-refractivity contribution in [2.45, 2.75) is 25.7 Å². The van der Waals surface area contributed by atoms with Gasteiger partial charge in [0.1, 0.15) is 10.9 Å². The van der Waals surface area contributed by atoms with Crippen LogP contribution in [0.2, 0.25) is 5.15 Å². The van der Waals surface area contributed by atoms with Crippen molar-refractivity contribution in [3.63, 3.8) is 0 Å². The molecule has 0 fully saturated rings. The lowest BCUT2D eigenvalue weighted by Crippen LogP contribution is -2.05. The minimum atomic E-state index is 0.678. The van der Waals surface area contributed by atoms with Gasteiger partial charge in [-0.2, -0.15) is 0 Å². The zero-order valence-electron chi connectivity index (χ0n) is 9.79. The van der Waals surface area contributed by atoms with Crippen LogP contribution in [0.25, 0.3) is 10.9 Å². The van der Waals surface area contributed by atoms with E-state index in [1.165, 1.54) is 29.4 Å². The number of hydrogen-bond acceptors (Lipinski definition) is 2. The molecule has 2 nitrogen and oxygen atoms in total. The van der Waals surface area contributed by atoms with E-state index >= 15 is 0 Å². The Balaban J connectivity index is 2.32. The lowest BCUT2D eigenvalue weighted by molar-refractivity contribution is 0.415. The average molecular weight is 248 g/mol. The summed E-state index contributed by atoms with van der Waals surface area (Å²) in [4.78, 5) is 4.47. The maximum Gasteiger partial charge on any atom is 0.133 e. The minimum Gasteiger partial charge on any atom is -0.497 e. The van der Waals surface area contributed by atoms with Crippen LogP contribution in [-0.2, 0) is 12.8 Å². The predicted molar refractivity (Wildman–Crippen MR) is 69.9 cm³/mol. The molecular weight excluding hydrogens is 234 g/mol. The van der Waals surface area contributed by atoms with Gasteiger partial charge in [0.25, 0.3) is 0 Å². The molecule has 1 aromatic carbocycles. The highest BCUT2D eigenvalue weighted by molar-refractivity contribution is 6.30. The standard InChI is InChI=1S/C14H14ClNO/c1-17-9-6-7-13-12(8-9)10-4-2-3-5-11(10)14(15)16-13/h6-8H,2-5H2,1H3. The number of benzene rings is 1. The van der Waals surface area contributed by atoms with Crippen molar-refractivity contribution in [1.82, 2.24) is 4.98 Å². The van der Waals surface area contributed by atoms with E-state index in [1.54, 1.807) is 7.11 Å². The molecule has 0 unspecified atom stereocenters. The minimum absolute atomic E-state index is 0.678. The summed E-state index contributed by atoms with van der Waals surface area (Å²) in [6, 6.07) is 5.98. The number of fused-ring (bicyclic) bond motifs is 3. The second-order valence-electron chi connectivity index (χ2n) is 4.45. The Morgan fingerprint density at radius 3 is 2.71 bits per heavy atom. The summed E-state index contributed by atoms with van der Waals surface area (Å²) >= 11 is 6.25. The van der Waals surface area contributed by atoms with Crippen LogP contribution in [0.5, 0.6) is 5.75 Å². The summed E-state index contributed by atoms with van der Waals surface area (Å²) in [6.45, 7) is 0. The molecule has 0 bridgehead atoms. The fourth-order valence-corrected chi connectivity index (χ4v) is 2.88. The smallest absolute Gasteiger partial charge is 0.133 e. The Labute approximate surface area is 106 Å². The highest BCUT2D eigenvalue weighted by Gasteiger charge is 2.17. The SMILES string of the molecule is COc1ccc2nc(Cl)c3c(c2c1)CCCC3. The van der Waals surface area contributed by atoms with Gasteiger partial charge in [0.2, 0.25) is 0 Å². The molecule has 1 aliphatic rings. The Bertz CT molecular complexity index is 580. The molecule has 88 valence electrons. The zero-order valence-corrected chi connectivity index (χ0v) is 10.5. The molecule has 0 aliphatic heterocycles. The molecule has 0 spiro atoms. The summed E-state index contributed by atoms with van der Waals surface area (Å²) < 4.78 is 5.28. The van der Waals surface area contributed by atoms with Crippen LogP contribution in [0.3, 0.4) is 0 Å². The molecule has 1 aliphatic carbocycles. The molecule has 17 heavy (non-hydrogen) atoms. The van der Waals surface area contributed by atoms with Crippen molar-refractivity contribution in [2.75, 3.05) is 7.11 Å². The first kappa shape index (κ1) is 10.8. The first-order valence-corrected chi connectivity index (χ1v) is 6.32. The molecule has 1 heterocycles. The van der Waals surface area contributed by atoms with Crippen LogP contribution in [0.4, 0.5) is 0 Å². The third-order valence-electron chi connectivity index (χ3n) is 3.46. The van der Waals surface area contributed by atoms with Gasteiger partial charge in [0.05, 0.1) is 12.6 Å². The monoisotopic (exact) mass is 247 g/mol. The fraction of sp³-hybridized carbons (Fsp3) is 0.357. The van der Waals surface area contributed by atoms with Crippen molar-refractivity contribution < 1.29 is 4.74 Å². The number of ether oxygens (including phenoxy) is 1. The van der Waals surface area contributed by atoms with Gasteiger partial charge >= 0.3 is 0 Å². The van der Waals surface area contributed by atoms with E-state index in [0.29, 0.717) is 5.15 Å². The lowest BCUT2D eigenvalue weighted by Gasteiger charge is -2.19. The first-order chi connectivity index (χ1) is 8.29. The van der Waals surface area contributed by atoms with Crippen LogP contribution in [-0.4, -0.2) is 12.1 Å². The molecule has 3 rings (SSSR count). The van der Waals surface area contributed by atoms with Crippen LogP contribution >= 0.6 is 11.6 Å². The molecule has 0 N–H and O–H groups in total. The van der Waals surface area contributed by atoms with E-state index in [1.807, 2.05) is 12.1 Å². The van der Waals surface area contributed by atoms with Crippen LogP contribution in [0, 0.1) is 0 Å². The van der Waals surface area contributed by atoms with E-state index < -0.39 is 0 Å². The molecule has 0 radical (unpaired) electrons. The fourth-order valence-electron chi connectivity index (χ4n) is 2.58. The molecule has 2 aromatic rings. The lowest BCUT2D eigenvalue weighted by atomic mass is 9.90. The van der Waals surface area contributed by atoms with Gasteiger partial charge in [-0.15, -0.1) is 0 Å². The highest BCUT2D eigenvalue weighted by Crippen LogP contribution is 2.33. The number of pyridine rings is 1. The summed E-state index contributed by atoms with van der Waals surface area (Å²) in [5.74, 6) is 0.884. The molecule has 0 saturated heterocycles. The predicted octanol–water partition coefficient (Wildman–Crippen LogP) is 3.78. The first-order valence-electron chi connectivity index (χ1n) is 5.94. The maximum atomic E-state index is 6.25. The molecule has 1 aromatic heterocycles. The summed E-state index contributed by atoms with van der Waals surface area (Å²) in [5, 5.41) is 1.88. The number of aryl methyl sites for hydroxylation is 1. The summed E-state index contributed by atoms with van der Waals surface area (Å²) in [6.07, 6.45) is 4.60. The number of hydrogen-bond donors (Lipinski definition) is 0. The number of halogens is 1. The van der Waals surface area contributed by atoms with Crippen molar-refractivity contribution >= 4 is 22.5 Å². The third kappa shape index (κ3) is 1.77.